The summed E-state index contributed by atoms with van der Waals surface area (Å²) in [5, 5.41) is 12.6. The molecule has 32 heavy (non-hydrogen) atoms. The van der Waals surface area contributed by atoms with Gasteiger partial charge in [-0.3, -0.25) is 9.20 Å². The molecule has 4 aromatic rings. The lowest BCUT2D eigenvalue weighted by atomic mass is 9.93. The van der Waals surface area contributed by atoms with Gasteiger partial charge in [-0.1, -0.05) is 30.3 Å². The third-order valence-electron chi connectivity index (χ3n) is 5.72. The average molecular weight is 426 g/mol. The van der Waals surface area contributed by atoms with E-state index in [1.807, 2.05) is 36.4 Å². The third kappa shape index (κ3) is 3.34. The second-order valence-corrected chi connectivity index (χ2v) is 7.76. The molecule has 1 aromatic carbocycles. The van der Waals surface area contributed by atoms with Crippen molar-refractivity contribution in [3.8, 4) is 17.2 Å². The standard InChI is InChI=1S/C24H19FN6O/c25-16-8-9-19-20(15-6-7-15)18(11-28-23-17(10-26)22(27)29-13-30-23)21(24(32)31(19)12-16)14-4-2-1-3-5-14/h1-5,8-9,12-13,15H,6-7,11H2,(H3,27,28,29,30). The summed E-state index contributed by atoms with van der Waals surface area (Å²) in [6.45, 7) is 0.254. The maximum absolute atomic E-state index is 14.1. The van der Waals surface area contributed by atoms with Crippen molar-refractivity contribution in [1.29, 1.82) is 5.26 Å². The number of benzene rings is 1. The van der Waals surface area contributed by atoms with Gasteiger partial charge in [0.25, 0.3) is 5.56 Å². The third-order valence-corrected chi connectivity index (χ3v) is 5.72. The molecule has 3 N–H and O–H groups in total. The number of anilines is 2. The molecule has 3 heterocycles. The fourth-order valence-corrected chi connectivity index (χ4v) is 4.13. The van der Waals surface area contributed by atoms with Crippen LogP contribution in [0.5, 0.6) is 0 Å². The van der Waals surface area contributed by atoms with Gasteiger partial charge in [-0.15, -0.1) is 0 Å². The lowest BCUT2D eigenvalue weighted by Crippen LogP contribution is -2.22. The Morgan fingerprint density at radius 2 is 1.97 bits per heavy atom. The van der Waals surface area contributed by atoms with Crippen molar-refractivity contribution in [2.45, 2.75) is 25.3 Å². The first-order chi connectivity index (χ1) is 15.6. The van der Waals surface area contributed by atoms with Crippen molar-refractivity contribution in [1.82, 2.24) is 14.4 Å². The fraction of sp³-hybridized carbons (Fsp3) is 0.167. The monoisotopic (exact) mass is 426 g/mol. The topological polar surface area (TPSA) is 109 Å². The molecule has 5 rings (SSSR count). The van der Waals surface area contributed by atoms with Crippen LogP contribution in [0.15, 0.2) is 59.8 Å². The quantitative estimate of drug-likeness (QED) is 0.502. The first-order valence-electron chi connectivity index (χ1n) is 10.2. The largest absolute Gasteiger partial charge is 0.382 e. The summed E-state index contributed by atoms with van der Waals surface area (Å²) >= 11 is 0. The Hall–Kier alpha value is -4.25. The van der Waals surface area contributed by atoms with Crippen LogP contribution in [0.2, 0.25) is 0 Å². The number of nitriles is 1. The van der Waals surface area contributed by atoms with Crippen LogP contribution in [0, 0.1) is 17.1 Å². The average Bonchev–Trinajstić information content (AvgIpc) is 3.64. The number of hydrogen-bond acceptors (Lipinski definition) is 6. The molecule has 7 nitrogen and oxygen atoms in total. The molecule has 0 unspecified atom stereocenters. The van der Waals surface area contributed by atoms with Gasteiger partial charge >= 0.3 is 0 Å². The van der Waals surface area contributed by atoms with Crippen molar-refractivity contribution in [3.63, 3.8) is 0 Å². The lowest BCUT2D eigenvalue weighted by Gasteiger charge is -2.19. The number of nitrogens with zero attached hydrogens (tertiary/aromatic N) is 4. The van der Waals surface area contributed by atoms with Crippen LogP contribution in [0.3, 0.4) is 0 Å². The second kappa shape index (κ2) is 7.78. The zero-order valence-corrected chi connectivity index (χ0v) is 17.0. The molecule has 0 spiro atoms. The molecule has 0 atom stereocenters. The van der Waals surface area contributed by atoms with Crippen LogP contribution in [-0.4, -0.2) is 14.4 Å². The molecule has 1 saturated carbocycles. The smallest absolute Gasteiger partial charge is 0.263 e. The van der Waals surface area contributed by atoms with E-state index in [4.69, 9.17) is 5.73 Å². The molecule has 0 aliphatic heterocycles. The normalized spacial score (nSPS) is 13.1. The summed E-state index contributed by atoms with van der Waals surface area (Å²) in [6.07, 6.45) is 4.52. The van der Waals surface area contributed by atoms with Crippen molar-refractivity contribution in [2.24, 2.45) is 0 Å². The summed E-state index contributed by atoms with van der Waals surface area (Å²) in [4.78, 5) is 21.6. The Kier molecular flexibility index (Phi) is 4.79. The second-order valence-electron chi connectivity index (χ2n) is 7.76. The minimum atomic E-state index is -0.471. The van der Waals surface area contributed by atoms with E-state index >= 15 is 0 Å². The lowest BCUT2D eigenvalue weighted by molar-refractivity contribution is 0.618. The van der Waals surface area contributed by atoms with Gasteiger partial charge in [0.15, 0.2) is 0 Å². The van der Waals surface area contributed by atoms with Crippen molar-refractivity contribution in [3.05, 3.63) is 87.9 Å². The van der Waals surface area contributed by atoms with E-state index in [0.29, 0.717) is 16.9 Å². The van der Waals surface area contributed by atoms with Crippen LogP contribution in [0.1, 0.15) is 35.4 Å². The first kappa shape index (κ1) is 19.7. The van der Waals surface area contributed by atoms with Crippen molar-refractivity contribution in [2.75, 3.05) is 11.1 Å². The minimum Gasteiger partial charge on any atom is -0.382 e. The molecule has 3 aromatic heterocycles. The number of nitrogens with two attached hydrogens (primary N) is 1. The highest BCUT2D eigenvalue weighted by molar-refractivity contribution is 5.75. The van der Waals surface area contributed by atoms with Gasteiger partial charge in [0.1, 0.15) is 35.4 Å². The van der Waals surface area contributed by atoms with E-state index in [1.165, 1.54) is 23.0 Å². The summed E-state index contributed by atoms with van der Waals surface area (Å²) in [5.41, 5.74) is 9.45. The van der Waals surface area contributed by atoms with Gasteiger partial charge in [-0.25, -0.2) is 14.4 Å². The van der Waals surface area contributed by atoms with Crippen molar-refractivity contribution >= 4 is 17.2 Å². The molecular formula is C24H19FN6O. The van der Waals surface area contributed by atoms with E-state index in [-0.39, 0.29) is 29.4 Å². The van der Waals surface area contributed by atoms with E-state index < -0.39 is 5.82 Å². The minimum absolute atomic E-state index is 0.0877. The molecule has 1 aliphatic rings. The molecule has 158 valence electrons. The zero-order valence-electron chi connectivity index (χ0n) is 17.0. The van der Waals surface area contributed by atoms with Crippen LogP contribution in [0.25, 0.3) is 16.6 Å². The zero-order chi connectivity index (χ0) is 22.2. The Bertz CT molecular complexity index is 1440. The summed E-state index contributed by atoms with van der Waals surface area (Å²) in [7, 11) is 0. The maximum Gasteiger partial charge on any atom is 0.263 e. The number of hydrogen-bond donors (Lipinski definition) is 2. The number of rotatable bonds is 5. The molecule has 0 radical (unpaired) electrons. The summed E-state index contributed by atoms with van der Waals surface area (Å²) in [5.74, 6) is 0.201. The number of halogens is 1. The van der Waals surface area contributed by atoms with Gasteiger partial charge in [-0.2, -0.15) is 5.26 Å². The summed E-state index contributed by atoms with van der Waals surface area (Å²) < 4.78 is 15.5. The highest BCUT2D eigenvalue weighted by Gasteiger charge is 2.31. The highest BCUT2D eigenvalue weighted by atomic mass is 19.1. The molecule has 0 bridgehead atoms. The number of nitrogens with one attached hydrogen (secondary N) is 1. The SMILES string of the molecule is N#Cc1c(N)ncnc1NCc1c(-c2ccccc2)c(=O)n2cc(F)ccc2c1C1CC1. The first-order valence-corrected chi connectivity index (χ1v) is 10.2. The van der Waals surface area contributed by atoms with E-state index in [1.54, 1.807) is 6.07 Å². The maximum atomic E-state index is 14.1. The van der Waals surface area contributed by atoms with E-state index in [9.17, 15) is 14.4 Å². The summed E-state index contributed by atoms with van der Waals surface area (Å²) in [6, 6.07) is 14.4. The number of pyridine rings is 2. The van der Waals surface area contributed by atoms with E-state index in [0.717, 1.165) is 29.5 Å². The van der Waals surface area contributed by atoms with Crippen LogP contribution in [-0.2, 0) is 6.54 Å². The molecule has 1 aliphatic carbocycles. The number of nitrogen functional groups attached to an aromatic ring is 1. The molecule has 0 saturated heterocycles. The Morgan fingerprint density at radius 3 is 2.69 bits per heavy atom. The predicted octanol–water partition coefficient (Wildman–Crippen LogP) is 3.84. The van der Waals surface area contributed by atoms with Gasteiger partial charge in [0.05, 0.1) is 11.1 Å². The Labute approximate surface area is 183 Å². The molecule has 1 fully saturated rings. The van der Waals surface area contributed by atoms with Gasteiger partial charge in [0.2, 0.25) is 0 Å². The van der Waals surface area contributed by atoms with Gasteiger partial charge in [-0.05, 0) is 47.6 Å². The van der Waals surface area contributed by atoms with Crippen molar-refractivity contribution < 1.29 is 4.39 Å². The van der Waals surface area contributed by atoms with E-state index in [2.05, 4.69) is 15.3 Å². The van der Waals surface area contributed by atoms with Crippen LogP contribution >= 0.6 is 0 Å². The van der Waals surface area contributed by atoms with Gasteiger partial charge in [0, 0.05) is 12.7 Å². The highest BCUT2D eigenvalue weighted by Crippen LogP contribution is 2.45. The number of aromatic nitrogens is 3. The number of fused-ring (bicyclic) bond motifs is 1. The fourth-order valence-electron chi connectivity index (χ4n) is 4.13. The predicted molar refractivity (Wildman–Crippen MR) is 120 cm³/mol. The van der Waals surface area contributed by atoms with Crippen LogP contribution < -0.4 is 16.6 Å². The van der Waals surface area contributed by atoms with Crippen LogP contribution in [0.4, 0.5) is 16.0 Å². The molecule has 0 amide bonds. The Balaban J connectivity index is 1.75. The molecular weight excluding hydrogens is 407 g/mol. The molecule has 8 heteroatoms. The van der Waals surface area contributed by atoms with Gasteiger partial charge < -0.3 is 11.1 Å². The Morgan fingerprint density at radius 1 is 1.19 bits per heavy atom.